The summed E-state index contributed by atoms with van der Waals surface area (Å²) in [4.78, 5) is 2.58. The molecule has 3 N–H and O–H groups in total. The first-order chi connectivity index (χ1) is 6.92. The molecule has 2 unspecified atom stereocenters. The number of nitrogens with one attached hydrogen (secondary N) is 1. The molecule has 2 aliphatic heterocycles. The van der Waals surface area contributed by atoms with Crippen molar-refractivity contribution < 1.29 is 0 Å². The van der Waals surface area contributed by atoms with Gasteiger partial charge in [0, 0.05) is 44.0 Å². The zero-order valence-electron chi connectivity index (χ0n) is 8.74. The van der Waals surface area contributed by atoms with Gasteiger partial charge in [-0.25, -0.2) is 0 Å². The number of hydrogen-bond donors (Lipinski definition) is 2. The number of piperazine rings is 1. The molecule has 2 atom stereocenters. The first-order valence-electron chi connectivity index (χ1n) is 5.68. The average molecular weight is 215 g/mol. The lowest BCUT2D eigenvalue weighted by Gasteiger charge is -2.37. The fourth-order valence-electron chi connectivity index (χ4n) is 2.46. The molecule has 0 aliphatic carbocycles. The Balaban J connectivity index is 1.89. The van der Waals surface area contributed by atoms with Crippen molar-refractivity contribution in [3.8, 4) is 0 Å². The highest BCUT2D eigenvalue weighted by Crippen LogP contribution is 2.30. The largest absolute Gasteiger partial charge is 0.329 e. The third kappa shape index (κ3) is 2.42. The van der Waals surface area contributed by atoms with E-state index in [1.54, 1.807) is 0 Å². The van der Waals surface area contributed by atoms with E-state index in [2.05, 4.69) is 22.0 Å². The molecule has 2 heterocycles. The molecule has 4 heteroatoms. The predicted octanol–water partition coefficient (Wildman–Crippen LogP) is 0.114. The standard InChI is InChI=1S/C10H21N3S/c11-8-9(10-2-1-7-14-10)13-5-3-12-4-6-13/h9-10,12H,1-8,11H2. The van der Waals surface area contributed by atoms with Gasteiger partial charge in [-0.1, -0.05) is 0 Å². The van der Waals surface area contributed by atoms with E-state index in [0.29, 0.717) is 6.04 Å². The van der Waals surface area contributed by atoms with Crippen molar-refractivity contribution >= 4 is 11.8 Å². The van der Waals surface area contributed by atoms with Gasteiger partial charge in [0.1, 0.15) is 0 Å². The van der Waals surface area contributed by atoms with Crippen LogP contribution in [0, 0.1) is 0 Å². The van der Waals surface area contributed by atoms with Crippen LogP contribution in [0.3, 0.4) is 0 Å². The third-order valence-electron chi connectivity index (χ3n) is 3.26. The summed E-state index contributed by atoms with van der Waals surface area (Å²) in [6, 6.07) is 0.629. The quantitative estimate of drug-likeness (QED) is 0.701. The van der Waals surface area contributed by atoms with E-state index < -0.39 is 0 Å². The molecular weight excluding hydrogens is 194 g/mol. The molecule has 82 valence electrons. The molecular formula is C10H21N3S. The van der Waals surface area contributed by atoms with Crippen LogP contribution in [0.15, 0.2) is 0 Å². The monoisotopic (exact) mass is 215 g/mol. The van der Waals surface area contributed by atoms with Crippen molar-refractivity contribution in [3.63, 3.8) is 0 Å². The van der Waals surface area contributed by atoms with Crippen LogP contribution in [0.1, 0.15) is 12.8 Å². The maximum Gasteiger partial charge on any atom is 0.0338 e. The Hall–Kier alpha value is 0.230. The molecule has 2 fully saturated rings. The molecule has 0 aromatic heterocycles. The zero-order valence-corrected chi connectivity index (χ0v) is 9.56. The van der Waals surface area contributed by atoms with Gasteiger partial charge in [0.2, 0.25) is 0 Å². The van der Waals surface area contributed by atoms with Gasteiger partial charge < -0.3 is 11.1 Å². The number of hydrogen-bond acceptors (Lipinski definition) is 4. The number of thioether (sulfide) groups is 1. The van der Waals surface area contributed by atoms with Crippen LogP contribution in [-0.4, -0.2) is 54.7 Å². The van der Waals surface area contributed by atoms with Crippen LogP contribution in [-0.2, 0) is 0 Å². The molecule has 3 nitrogen and oxygen atoms in total. The Labute approximate surface area is 90.8 Å². The lowest BCUT2D eigenvalue weighted by molar-refractivity contribution is 0.172. The van der Waals surface area contributed by atoms with Gasteiger partial charge in [-0.05, 0) is 18.6 Å². The van der Waals surface area contributed by atoms with E-state index in [1.165, 1.54) is 31.7 Å². The SMILES string of the molecule is NCC(C1CCCS1)N1CCNCC1. The molecule has 14 heavy (non-hydrogen) atoms. The van der Waals surface area contributed by atoms with Gasteiger partial charge in [-0.2, -0.15) is 11.8 Å². The van der Waals surface area contributed by atoms with Crippen LogP contribution >= 0.6 is 11.8 Å². The highest BCUT2D eigenvalue weighted by atomic mass is 32.2. The van der Waals surface area contributed by atoms with Crippen molar-refractivity contribution in [1.29, 1.82) is 0 Å². The summed E-state index contributed by atoms with van der Waals surface area (Å²) in [7, 11) is 0. The fourth-order valence-corrected chi connectivity index (χ4v) is 3.93. The Bertz CT molecular complexity index is 165. The van der Waals surface area contributed by atoms with E-state index in [4.69, 9.17) is 5.73 Å². The molecule has 2 aliphatic rings. The van der Waals surface area contributed by atoms with E-state index >= 15 is 0 Å². The molecule has 2 rings (SSSR count). The molecule has 0 saturated carbocycles. The van der Waals surface area contributed by atoms with E-state index in [9.17, 15) is 0 Å². The van der Waals surface area contributed by atoms with Crippen LogP contribution in [0.4, 0.5) is 0 Å². The normalized spacial score (nSPS) is 31.9. The van der Waals surface area contributed by atoms with E-state index in [0.717, 1.165) is 24.9 Å². The molecule has 0 spiro atoms. The van der Waals surface area contributed by atoms with Gasteiger partial charge in [0.15, 0.2) is 0 Å². The molecule has 0 aromatic rings. The number of rotatable bonds is 3. The molecule has 2 saturated heterocycles. The first-order valence-corrected chi connectivity index (χ1v) is 6.73. The average Bonchev–Trinajstić information content (AvgIpc) is 2.74. The topological polar surface area (TPSA) is 41.3 Å². The fraction of sp³-hybridized carbons (Fsp3) is 1.00. The van der Waals surface area contributed by atoms with Crippen molar-refractivity contribution in [2.45, 2.75) is 24.1 Å². The second-order valence-corrected chi connectivity index (χ2v) is 5.49. The minimum atomic E-state index is 0.629. The van der Waals surface area contributed by atoms with Gasteiger partial charge in [-0.3, -0.25) is 4.90 Å². The smallest absolute Gasteiger partial charge is 0.0338 e. The van der Waals surface area contributed by atoms with Crippen LogP contribution in [0.2, 0.25) is 0 Å². The lowest BCUT2D eigenvalue weighted by atomic mass is 10.1. The van der Waals surface area contributed by atoms with E-state index in [-0.39, 0.29) is 0 Å². The second-order valence-electron chi connectivity index (χ2n) is 4.14. The maximum absolute atomic E-state index is 5.91. The molecule has 0 aromatic carbocycles. The first kappa shape index (κ1) is 10.7. The summed E-state index contributed by atoms with van der Waals surface area (Å²) >= 11 is 2.13. The summed E-state index contributed by atoms with van der Waals surface area (Å²) < 4.78 is 0. The minimum absolute atomic E-state index is 0.629. The Morgan fingerprint density at radius 1 is 1.43 bits per heavy atom. The van der Waals surface area contributed by atoms with Crippen LogP contribution < -0.4 is 11.1 Å². The summed E-state index contributed by atoms with van der Waals surface area (Å²) in [6.45, 7) is 5.46. The Kier molecular flexibility index (Phi) is 4.10. The number of nitrogens with two attached hydrogens (primary N) is 1. The van der Waals surface area contributed by atoms with Gasteiger partial charge in [-0.15, -0.1) is 0 Å². The third-order valence-corrected chi connectivity index (χ3v) is 4.76. The molecule has 0 amide bonds. The van der Waals surface area contributed by atoms with Gasteiger partial charge >= 0.3 is 0 Å². The second kappa shape index (κ2) is 5.35. The van der Waals surface area contributed by atoms with Gasteiger partial charge in [0.05, 0.1) is 0 Å². The Morgan fingerprint density at radius 3 is 2.79 bits per heavy atom. The number of nitrogens with zero attached hydrogens (tertiary/aromatic N) is 1. The highest BCUT2D eigenvalue weighted by Gasteiger charge is 2.29. The Morgan fingerprint density at radius 2 is 2.21 bits per heavy atom. The molecule has 0 bridgehead atoms. The summed E-state index contributed by atoms with van der Waals surface area (Å²) in [5.74, 6) is 1.34. The minimum Gasteiger partial charge on any atom is -0.329 e. The van der Waals surface area contributed by atoms with Crippen molar-refractivity contribution in [1.82, 2.24) is 10.2 Å². The van der Waals surface area contributed by atoms with Crippen LogP contribution in [0.5, 0.6) is 0 Å². The highest BCUT2D eigenvalue weighted by molar-refractivity contribution is 8.00. The maximum atomic E-state index is 5.91. The predicted molar refractivity (Wildman–Crippen MR) is 62.8 cm³/mol. The van der Waals surface area contributed by atoms with Crippen molar-refractivity contribution in [2.24, 2.45) is 5.73 Å². The van der Waals surface area contributed by atoms with Crippen LogP contribution in [0.25, 0.3) is 0 Å². The molecule has 0 radical (unpaired) electrons. The summed E-state index contributed by atoms with van der Waals surface area (Å²) in [6.07, 6.45) is 2.76. The van der Waals surface area contributed by atoms with E-state index in [1.807, 2.05) is 0 Å². The van der Waals surface area contributed by atoms with Crippen molar-refractivity contribution in [3.05, 3.63) is 0 Å². The zero-order chi connectivity index (χ0) is 9.80. The van der Waals surface area contributed by atoms with Crippen molar-refractivity contribution in [2.75, 3.05) is 38.5 Å². The summed E-state index contributed by atoms with van der Waals surface area (Å²) in [5, 5.41) is 4.20. The lowest BCUT2D eigenvalue weighted by Crippen LogP contribution is -2.54. The summed E-state index contributed by atoms with van der Waals surface area (Å²) in [5.41, 5.74) is 5.91. The van der Waals surface area contributed by atoms with Gasteiger partial charge in [0.25, 0.3) is 0 Å².